The van der Waals surface area contributed by atoms with Crippen LogP contribution in [0, 0.1) is 0 Å². The van der Waals surface area contributed by atoms with Gasteiger partial charge in [0.25, 0.3) is 0 Å². The Bertz CT molecular complexity index is 693. The van der Waals surface area contributed by atoms with E-state index in [0.717, 1.165) is 27.7 Å². The molecule has 1 unspecified atom stereocenters. The zero-order valence-corrected chi connectivity index (χ0v) is 13.4. The van der Waals surface area contributed by atoms with Crippen LogP contribution in [-0.4, -0.2) is 24.3 Å². The highest BCUT2D eigenvalue weighted by Gasteiger charge is 2.29. The van der Waals surface area contributed by atoms with Crippen molar-refractivity contribution in [2.75, 3.05) is 13.6 Å². The Morgan fingerprint density at radius 2 is 1.86 bits per heavy atom. The first-order chi connectivity index (χ1) is 10.1. The second kappa shape index (κ2) is 5.86. The summed E-state index contributed by atoms with van der Waals surface area (Å²) in [5.41, 5.74) is 2.82. The molecule has 3 heteroatoms. The molecule has 1 atom stereocenters. The molecule has 0 bridgehead atoms. The first-order valence-corrected chi connectivity index (χ1v) is 7.71. The molecule has 3 rings (SSSR count). The number of nitrogens with zero attached hydrogens (tertiary/aromatic N) is 1. The molecule has 1 aliphatic heterocycles. The van der Waals surface area contributed by atoms with Gasteiger partial charge in [0.05, 0.1) is 5.92 Å². The molecule has 0 N–H and O–H groups in total. The summed E-state index contributed by atoms with van der Waals surface area (Å²) < 4.78 is 0.984. The van der Waals surface area contributed by atoms with Gasteiger partial charge in [-0.25, -0.2) is 0 Å². The van der Waals surface area contributed by atoms with E-state index in [9.17, 15) is 4.79 Å². The number of Topliss-reactive ketones (excluding diaryl/α,β-unsaturated/α-hetero) is 1. The fourth-order valence-corrected chi connectivity index (χ4v) is 3.11. The van der Waals surface area contributed by atoms with Crippen LogP contribution in [0.2, 0.25) is 0 Å². The summed E-state index contributed by atoms with van der Waals surface area (Å²) in [7, 11) is 2.01. The summed E-state index contributed by atoms with van der Waals surface area (Å²) in [4.78, 5) is 15.0. The summed E-state index contributed by atoms with van der Waals surface area (Å²) >= 11 is 3.47. The van der Waals surface area contributed by atoms with Crippen molar-refractivity contribution in [1.29, 1.82) is 0 Å². The quantitative estimate of drug-likeness (QED) is 0.819. The molecule has 0 aromatic heterocycles. The van der Waals surface area contributed by atoms with E-state index in [-0.39, 0.29) is 11.7 Å². The van der Waals surface area contributed by atoms with Crippen molar-refractivity contribution in [2.24, 2.45) is 0 Å². The van der Waals surface area contributed by atoms with Gasteiger partial charge in [-0.05, 0) is 23.3 Å². The molecule has 1 aliphatic rings. The number of ketones is 1. The molecule has 0 spiro atoms. The molecule has 0 radical (unpaired) electrons. The van der Waals surface area contributed by atoms with Crippen molar-refractivity contribution in [2.45, 2.75) is 5.92 Å². The van der Waals surface area contributed by atoms with Crippen molar-refractivity contribution in [3.05, 3.63) is 76.4 Å². The van der Waals surface area contributed by atoms with Gasteiger partial charge < -0.3 is 4.90 Å². The van der Waals surface area contributed by atoms with E-state index >= 15 is 0 Å². The van der Waals surface area contributed by atoms with Crippen molar-refractivity contribution < 1.29 is 4.79 Å². The third-order valence-corrected chi connectivity index (χ3v) is 4.23. The van der Waals surface area contributed by atoms with Crippen molar-refractivity contribution >= 4 is 27.3 Å². The number of benzene rings is 2. The van der Waals surface area contributed by atoms with Crippen LogP contribution < -0.4 is 0 Å². The molecule has 0 fully saturated rings. The second-order valence-corrected chi connectivity index (χ2v) is 6.24. The lowest BCUT2D eigenvalue weighted by atomic mass is 9.85. The molecular weight excluding hydrogens is 326 g/mol. The Morgan fingerprint density at radius 3 is 2.57 bits per heavy atom. The van der Waals surface area contributed by atoms with Crippen LogP contribution in [0.1, 0.15) is 17.0 Å². The number of hydrogen-bond acceptors (Lipinski definition) is 2. The fourth-order valence-electron chi connectivity index (χ4n) is 2.71. The second-order valence-electron chi connectivity index (χ2n) is 5.32. The highest BCUT2D eigenvalue weighted by Crippen LogP contribution is 2.31. The SMILES string of the molecule is CN1C=C(c2cccc(Br)c2)C(=O)C(c2ccccc2)C1. The zero-order valence-electron chi connectivity index (χ0n) is 11.8. The van der Waals surface area contributed by atoms with E-state index in [1.807, 2.05) is 67.8 Å². The number of carbonyl (C=O) groups excluding carboxylic acids is 1. The van der Waals surface area contributed by atoms with E-state index in [4.69, 9.17) is 0 Å². The van der Waals surface area contributed by atoms with Gasteiger partial charge in [0.15, 0.2) is 5.78 Å². The standard InChI is InChI=1S/C18H16BrNO/c1-20-11-16(13-6-3-2-4-7-13)18(21)17(12-20)14-8-5-9-15(19)10-14/h2-10,12,16H,11H2,1H3. The lowest BCUT2D eigenvalue weighted by Crippen LogP contribution is -2.31. The van der Waals surface area contributed by atoms with Crippen LogP contribution >= 0.6 is 15.9 Å². The average Bonchev–Trinajstić information content (AvgIpc) is 2.50. The van der Waals surface area contributed by atoms with Crippen LogP contribution in [0.25, 0.3) is 5.57 Å². The smallest absolute Gasteiger partial charge is 0.174 e. The maximum absolute atomic E-state index is 12.9. The summed E-state index contributed by atoms with van der Waals surface area (Å²) in [5.74, 6) is 0.0904. The Kier molecular flexibility index (Phi) is 3.93. The monoisotopic (exact) mass is 341 g/mol. The topological polar surface area (TPSA) is 20.3 Å². The highest BCUT2D eigenvalue weighted by atomic mass is 79.9. The Labute approximate surface area is 133 Å². The molecule has 0 saturated heterocycles. The predicted molar refractivity (Wildman–Crippen MR) is 88.9 cm³/mol. The largest absolute Gasteiger partial charge is 0.379 e. The van der Waals surface area contributed by atoms with Gasteiger partial charge in [-0.1, -0.05) is 58.4 Å². The van der Waals surface area contributed by atoms with E-state index < -0.39 is 0 Å². The molecule has 0 saturated carbocycles. The third-order valence-electron chi connectivity index (χ3n) is 3.74. The van der Waals surface area contributed by atoms with E-state index in [0.29, 0.717) is 0 Å². The zero-order chi connectivity index (χ0) is 14.8. The number of halogens is 1. The molecule has 2 nitrogen and oxygen atoms in total. The fraction of sp³-hybridized carbons (Fsp3) is 0.167. The number of likely N-dealkylation sites (N-methyl/N-ethyl adjacent to an activating group) is 1. The minimum Gasteiger partial charge on any atom is -0.379 e. The van der Waals surface area contributed by atoms with Crippen LogP contribution in [0.5, 0.6) is 0 Å². The first kappa shape index (κ1) is 14.1. The molecule has 1 heterocycles. The van der Waals surface area contributed by atoms with Gasteiger partial charge in [0.1, 0.15) is 0 Å². The lowest BCUT2D eigenvalue weighted by Gasteiger charge is -2.29. The molecule has 2 aromatic rings. The van der Waals surface area contributed by atoms with Crippen LogP contribution in [0.15, 0.2) is 65.3 Å². The van der Waals surface area contributed by atoms with Gasteiger partial charge in [0, 0.05) is 29.8 Å². The summed E-state index contributed by atoms with van der Waals surface area (Å²) in [6.07, 6.45) is 1.95. The molecule has 106 valence electrons. The van der Waals surface area contributed by atoms with E-state index in [1.165, 1.54) is 0 Å². The minimum absolute atomic E-state index is 0.102. The van der Waals surface area contributed by atoms with Crippen LogP contribution in [-0.2, 0) is 4.79 Å². The van der Waals surface area contributed by atoms with Crippen LogP contribution in [0.3, 0.4) is 0 Å². The van der Waals surface area contributed by atoms with E-state index in [1.54, 1.807) is 0 Å². The predicted octanol–water partition coefficient (Wildman–Crippen LogP) is 4.09. The van der Waals surface area contributed by atoms with Gasteiger partial charge in [-0.15, -0.1) is 0 Å². The van der Waals surface area contributed by atoms with Crippen molar-refractivity contribution in [3.8, 4) is 0 Å². The number of allylic oxidation sites excluding steroid dienone is 1. The molecule has 0 amide bonds. The van der Waals surface area contributed by atoms with Crippen LogP contribution in [0.4, 0.5) is 0 Å². The number of carbonyl (C=O) groups is 1. The maximum Gasteiger partial charge on any atom is 0.174 e. The molecular formula is C18H16BrNO. The van der Waals surface area contributed by atoms with Gasteiger partial charge in [-0.2, -0.15) is 0 Å². The molecule has 2 aromatic carbocycles. The summed E-state index contributed by atoms with van der Waals surface area (Å²) in [6.45, 7) is 0.723. The normalized spacial score (nSPS) is 18.6. The summed E-state index contributed by atoms with van der Waals surface area (Å²) in [6, 6.07) is 17.9. The maximum atomic E-state index is 12.9. The average molecular weight is 342 g/mol. The molecule has 0 aliphatic carbocycles. The Hall–Kier alpha value is -1.87. The van der Waals surface area contributed by atoms with Crippen molar-refractivity contribution in [1.82, 2.24) is 4.90 Å². The first-order valence-electron chi connectivity index (χ1n) is 6.92. The van der Waals surface area contributed by atoms with Gasteiger partial charge >= 0.3 is 0 Å². The highest BCUT2D eigenvalue weighted by molar-refractivity contribution is 9.10. The Balaban J connectivity index is 2.00. The Morgan fingerprint density at radius 1 is 1.10 bits per heavy atom. The van der Waals surface area contributed by atoms with Gasteiger partial charge in [0.2, 0.25) is 0 Å². The molecule has 21 heavy (non-hydrogen) atoms. The number of hydrogen-bond donors (Lipinski definition) is 0. The summed E-state index contributed by atoms with van der Waals surface area (Å²) in [5, 5.41) is 0. The third kappa shape index (κ3) is 2.93. The van der Waals surface area contributed by atoms with Gasteiger partial charge in [-0.3, -0.25) is 4.79 Å². The van der Waals surface area contributed by atoms with Crippen molar-refractivity contribution in [3.63, 3.8) is 0 Å². The van der Waals surface area contributed by atoms with E-state index in [2.05, 4.69) is 20.8 Å². The lowest BCUT2D eigenvalue weighted by molar-refractivity contribution is -0.115. The minimum atomic E-state index is -0.102. The number of rotatable bonds is 2.